The van der Waals surface area contributed by atoms with E-state index in [-0.39, 0.29) is 28.8 Å². The molecule has 0 spiro atoms. The van der Waals surface area contributed by atoms with E-state index in [0.29, 0.717) is 45.7 Å². The van der Waals surface area contributed by atoms with Crippen molar-refractivity contribution >= 4 is 63.0 Å². The number of nitrogens with one attached hydrogen (secondary N) is 1. The number of thiocarbonyl (C=S) groups is 1. The summed E-state index contributed by atoms with van der Waals surface area (Å²) >= 11 is 6.68. The number of para-hydroxylation sites is 1. The largest absolute Gasteiger partial charge is 0.493 e. The lowest BCUT2D eigenvalue weighted by Crippen LogP contribution is -2.36. The van der Waals surface area contributed by atoms with Crippen LogP contribution in [0.2, 0.25) is 0 Å². The van der Waals surface area contributed by atoms with Crippen molar-refractivity contribution in [3.63, 3.8) is 0 Å². The summed E-state index contributed by atoms with van der Waals surface area (Å²) in [6.07, 6.45) is 0.532. The molecule has 8 nitrogen and oxygen atoms in total. The third-order valence-corrected chi connectivity index (χ3v) is 8.48. The molecule has 0 unspecified atom stereocenters. The first-order valence-electron chi connectivity index (χ1n) is 13.0. The fourth-order valence-electron chi connectivity index (χ4n) is 4.96. The summed E-state index contributed by atoms with van der Waals surface area (Å²) in [5.41, 5.74) is 5.13. The van der Waals surface area contributed by atoms with Crippen LogP contribution in [0.3, 0.4) is 0 Å². The number of methoxy groups -OCH3 is 2. The van der Waals surface area contributed by atoms with Crippen molar-refractivity contribution in [1.82, 2.24) is 4.90 Å². The normalized spacial score (nSPS) is 16.3. The van der Waals surface area contributed by atoms with Crippen molar-refractivity contribution in [2.75, 3.05) is 37.5 Å². The lowest BCUT2D eigenvalue weighted by Gasteiger charge is -2.17. The molecule has 1 N–H and O–H groups in total. The van der Waals surface area contributed by atoms with Crippen LogP contribution in [0.25, 0.3) is 5.57 Å². The smallest absolute Gasteiger partial charge is 0.267 e. The molecule has 1 saturated heterocycles. The third kappa shape index (κ3) is 5.57. The summed E-state index contributed by atoms with van der Waals surface area (Å²) < 4.78 is 11.1. The lowest BCUT2D eigenvalue weighted by molar-refractivity contribution is -0.122. The van der Waals surface area contributed by atoms with Gasteiger partial charge in [-0.15, -0.1) is 0 Å². The molecule has 3 aromatic rings. The van der Waals surface area contributed by atoms with E-state index in [1.165, 1.54) is 9.80 Å². The van der Waals surface area contributed by atoms with Crippen molar-refractivity contribution in [1.29, 1.82) is 0 Å². The van der Waals surface area contributed by atoms with Crippen LogP contribution in [0.4, 0.5) is 11.4 Å². The second-order valence-electron chi connectivity index (χ2n) is 9.74. The molecule has 41 heavy (non-hydrogen) atoms. The second-order valence-corrected chi connectivity index (χ2v) is 11.4. The zero-order valence-corrected chi connectivity index (χ0v) is 24.8. The molecule has 5 rings (SSSR count). The summed E-state index contributed by atoms with van der Waals surface area (Å²) in [6, 6.07) is 18.5. The number of nitrogens with zero attached hydrogens (tertiary/aromatic N) is 2. The first-order chi connectivity index (χ1) is 19.7. The molecule has 0 saturated carbocycles. The molecule has 2 aliphatic heterocycles. The molecular weight excluding hydrogens is 558 g/mol. The van der Waals surface area contributed by atoms with E-state index in [2.05, 4.69) is 5.32 Å². The van der Waals surface area contributed by atoms with Gasteiger partial charge in [-0.1, -0.05) is 65.9 Å². The number of aryl methyl sites for hydroxylation is 2. The average molecular weight is 588 g/mol. The highest BCUT2D eigenvalue weighted by molar-refractivity contribution is 8.26. The molecule has 0 radical (unpaired) electrons. The Kier molecular flexibility index (Phi) is 8.14. The molecule has 0 bridgehead atoms. The Morgan fingerprint density at radius 1 is 0.927 bits per heavy atom. The molecule has 0 atom stereocenters. The molecule has 10 heteroatoms. The number of carbonyl (C=O) groups is 3. The van der Waals surface area contributed by atoms with E-state index in [1.807, 2.05) is 56.3 Å². The molecular formula is C31H29N3O5S2. The number of amides is 3. The van der Waals surface area contributed by atoms with E-state index in [4.69, 9.17) is 21.7 Å². The highest BCUT2D eigenvalue weighted by Gasteiger charge is 2.42. The summed E-state index contributed by atoms with van der Waals surface area (Å²) in [7, 11) is 3.15. The number of anilines is 2. The van der Waals surface area contributed by atoms with Crippen LogP contribution in [0.15, 0.2) is 65.6 Å². The van der Waals surface area contributed by atoms with Crippen molar-refractivity contribution < 1.29 is 23.9 Å². The van der Waals surface area contributed by atoms with Crippen molar-refractivity contribution in [3.05, 3.63) is 87.8 Å². The highest BCUT2D eigenvalue weighted by Crippen LogP contribution is 2.44. The van der Waals surface area contributed by atoms with Gasteiger partial charge in [0, 0.05) is 17.8 Å². The summed E-state index contributed by atoms with van der Waals surface area (Å²) in [4.78, 5) is 43.6. The van der Waals surface area contributed by atoms with E-state index in [9.17, 15) is 14.4 Å². The lowest BCUT2D eigenvalue weighted by atomic mass is 10.1. The van der Waals surface area contributed by atoms with Gasteiger partial charge in [0.2, 0.25) is 5.91 Å². The van der Waals surface area contributed by atoms with E-state index < -0.39 is 5.91 Å². The number of thioether (sulfide) groups is 1. The maximum Gasteiger partial charge on any atom is 0.267 e. The number of benzene rings is 3. The molecule has 2 heterocycles. The van der Waals surface area contributed by atoms with Crippen molar-refractivity contribution in [3.8, 4) is 11.5 Å². The molecule has 3 amide bonds. The Hall–Kier alpha value is -4.15. The minimum absolute atomic E-state index is 0.188. The van der Waals surface area contributed by atoms with Gasteiger partial charge in [-0.3, -0.25) is 24.2 Å². The van der Waals surface area contributed by atoms with E-state index >= 15 is 0 Å². The van der Waals surface area contributed by atoms with Crippen molar-refractivity contribution in [2.45, 2.75) is 20.3 Å². The SMILES string of the molecule is COc1ccc(CCN2C(=O)/C(=C3\C(=O)N(CC(=O)Nc4ccc(C)cc4C)c4ccccc43)SC2=S)cc1OC. The Balaban J connectivity index is 1.36. The first-order valence-corrected chi connectivity index (χ1v) is 14.2. The molecule has 210 valence electrons. The Morgan fingerprint density at radius 3 is 2.41 bits per heavy atom. The minimum Gasteiger partial charge on any atom is -0.493 e. The van der Waals surface area contributed by atoms with Gasteiger partial charge < -0.3 is 14.8 Å². The van der Waals surface area contributed by atoms with Gasteiger partial charge in [0.1, 0.15) is 10.9 Å². The quantitative estimate of drug-likeness (QED) is 0.289. The van der Waals surface area contributed by atoms with Gasteiger partial charge in [-0.25, -0.2) is 0 Å². The van der Waals surface area contributed by atoms with Crippen LogP contribution in [0.1, 0.15) is 22.3 Å². The number of hydrogen-bond acceptors (Lipinski definition) is 7. The Bertz CT molecular complexity index is 1620. The zero-order chi connectivity index (χ0) is 29.3. The molecule has 3 aromatic carbocycles. The zero-order valence-electron chi connectivity index (χ0n) is 23.1. The van der Waals surface area contributed by atoms with Gasteiger partial charge >= 0.3 is 0 Å². The third-order valence-electron chi connectivity index (χ3n) is 7.03. The van der Waals surface area contributed by atoms with Gasteiger partial charge in [0.25, 0.3) is 11.8 Å². The number of rotatable bonds is 8. The number of hydrogen-bond donors (Lipinski definition) is 1. The van der Waals surface area contributed by atoms with Crippen LogP contribution in [-0.4, -0.2) is 54.3 Å². The highest BCUT2D eigenvalue weighted by atomic mass is 32.2. The topological polar surface area (TPSA) is 88.2 Å². The van der Waals surface area contributed by atoms with Gasteiger partial charge in [-0.05, 0) is 55.7 Å². The van der Waals surface area contributed by atoms with E-state index in [1.54, 1.807) is 32.4 Å². The van der Waals surface area contributed by atoms with Crippen LogP contribution in [0, 0.1) is 13.8 Å². The van der Waals surface area contributed by atoms with Crippen LogP contribution >= 0.6 is 24.0 Å². The predicted molar refractivity (Wildman–Crippen MR) is 165 cm³/mol. The fraction of sp³-hybridized carbons (Fsp3) is 0.226. The second kappa shape index (κ2) is 11.8. The monoisotopic (exact) mass is 587 g/mol. The van der Waals surface area contributed by atoms with Gasteiger partial charge in [0.15, 0.2) is 11.5 Å². The Labute approximate surface area is 248 Å². The maximum absolute atomic E-state index is 13.8. The molecule has 0 aromatic heterocycles. The number of ether oxygens (including phenoxy) is 2. The Morgan fingerprint density at radius 2 is 1.68 bits per heavy atom. The minimum atomic E-state index is -0.401. The average Bonchev–Trinajstić information content (AvgIpc) is 3.39. The summed E-state index contributed by atoms with van der Waals surface area (Å²) in [6.45, 7) is 4.06. The number of fused-ring (bicyclic) bond motifs is 1. The molecule has 1 fully saturated rings. The first kappa shape index (κ1) is 28.4. The maximum atomic E-state index is 13.8. The van der Waals surface area contributed by atoms with Crippen molar-refractivity contribution in [2.24, 2.45) is 0 Å². The summed E-state index contributed by atoms with van der Waals surface area (Å²) in [5.74, 6) is 0.177. The van der Waals surface area contributed by atoms with Crippen LogP contribution in [0.5, 0.6) is 11.5 Å². The standard InChI is InChI=1S/C31H29N3O5S2/c1-18-9-11-22(19(2)15-18)32-26(35)17-34-23-8-6-5-7-21(23)27(29(34)36)28-30(37)33(31(40)41-28)14-13-20-10-12-24(38-3)25(16-20)39-4/h5-12,15-16H,13-14,17H2,1-4H3,(H,32,35)/b28-27+. The van der Waals surface area contributed by atoms with Crippen LogP contribution in [-0.2, 0) is 20.8 Å². The van der Waals surface area contributed by atoms with Gasteiger partial charge in [0.05, 0.1) is 30.4 Å². The molecule has 0 aliphatic carbocycles. The number of carbonyl (C=O) groups excluding carboxylic acids is 3. The van der Waals surface area contributed by atoms with Gasteiger partial charge in [-0.2, -0.15) is 0 Å². The fourth-order valence-corrected chi connectivity index (χ4v) is 6.34. The predicted octanol–water partition coefficient (Wildman–Crippen LogP) is 5.12. The molecule has 2 aliphatic rings. The van der Waals surface area contributed by atoms with Crippen LogP contribution < -0.4 is 19.7 Å². The van der Waals surface area contributed by atoms with E-state index in [0.717, 1.165) is 28.5 Å². The summed E-state index contributed by atoms with van der Waals surface area (Å²) in [5, 5.41) is 2.90.